The lowest BCUT2D eigenvalue weighted by atomic mass is 10.2. The highest BCUT2D eigenvalue weighted by Gasteiger charge is 2.17. The van der Waals surface area contributed by atoms with Gasteiger partial charge in [0.15, 0.2) is 0 Å². The summed E-state index contributed by atoms with van der Waals surface area (Å²) in [5.74, 6) is -1.53. The third-order valence-electron chi connectivity index (χ3n) is 2.32. The van der Waals surface area contributed by atoms with Crippen LogP contribution in [0.1, 0.15) is 25.7 Å². The summed E-state index contributed by atoms with van der Waals surface area (Å²) in [4.78, 5) is 23.4. The molecule has 0 radical (unpaired) electrons. The molecule has 1 amide bonds. The molecule has 2 aromatic rings. The van der Waals surface area contributed by atoms with Gasteiger partial charge >= 0.3 is 5.97 Å². The number of benzene rings is 1. The number of hydrogen-bond donors (Lipinski definition) is 2. The van der Waals surface area contributed by atoms with E-state index in [1.807, 2.05) is 0 Å². The molecule has 0 aliphatic carbocycles. The topological polar surface area (TPSA) is 92.2 Å². The number of carboxylic acids is 1. The molecule has 0 bridgehead atoms. The van der Waals surface area contributed by atoms with Crippen molar-refractivity contribution < 1.29 is 14.7 Å². The summed E-state index contributed by atoms with van der Waals surface area (Å²) < 4.78 is 4.29. The molecule has 0 aliphatic heterocycles. The van der Waals surface area contributed by atoms with Gasteiger partial charge in [0.2, 0.25) is 0 Å². The Kier molecular flexibility index (Phi) is 3.91. The number of nitrogens with zero attached hydrogens (tertiary/aromatic N) is 2. The van der Waals surface area contributed by atoms with Crippen molar-refractivity contribution in [3.63, 3.8) is 0 Å². The maximum absolute atomic E-state index is 12.0. The van der Waals surface area contributed by atoms with Gasteiger partial charge in [0.05, 0.1) is 16.9 Å². The number of aromatic nitrogens is 2. The van der Waals surface area contributed by atoms with Crippen molar-refractivity contribution in [2.24, 2.45) is 0 Å². The number of amides is 1. The summed E-state index contributed by atoms with van der Waals surface area (Å²) >= 11 is 4.15. The Bertz CT molecular complexity index is 656. The largest absolute Gasteiger partial charge is 0.478 e. The zero-order chi connectivity index (χ0) is 14.0. The van der Waals surface area contributed by atoms with E-state index in [-0.39, 0.29) is 11.3 Å². The Balaban J connectivity index is 2.32. The first-order valence-electron chi connectivity index (χ1n) is 5.12. The summed E-state index contributed by atoms with van der Waals surface area (Å²) in [5.41, 5.74) is 0.753. The number of aryl methyl sites for hydroxylation is 1. The van der Waals surface area contributed by atoms with E-state index in [2.05, 4.69) is 30.8 Å². The van der Waals surface area contributed by atoms with Gasteiger partial charge in [0, 0.05) is 4.47 Å². The number of halogens is 1. The average Bonchev–Trinajstić information content (AvgIpc) is 2.77. The van der Waals surface area contributed by atoms with E-state index in [0.29, 0.717) is 15.0 Å². The maximum Gasteiger partial charge on any atom is 0.337 e. The van der Waals surface area contributed by atoms with Crippen molar-refractivity contribution in [1.29, 1.82) is 0 Å². The van der Waals surface area contributed by atoms with E-state index in [0.717, 1.165) is 11.5 Å². The van der Waals surface area contributed by atoms with E-state index in [1.165, 1.54) is 12.1 Å². The van der Waals surface area contributed by atoms with Gasteiger partial charge in [-0.2, -0.15) is 0 Å². The minimum atomic E-state index is -1.12. The normalized spacial score (nSPS) is 10.2. The minimum absolute atomic E-state index is 0.0119. The molecule has 1 aromatic carbocycles. The lowest BCUT2D eigenvalue weighted by Crippen LogP contribution is -2.14. The van der Waals surface area contributed by atoms with Crippen LogP contribution in [-0.4, -0.2) is 26.6 Å². The molecule has 2 rings (SSSR count). The Hall–Kier alpha value is -1.80. The summed E-state index contributed by atoms with van der Waals surface area (Å²) in [7, 11) is 0. The first kappa shape index (κ1) is 13.6. The Morgan fingerprint density at radius 1 is 1.42 bits per heavy atom. The number of aromatic carboxylic acids is 1. The molecular formula is C11H8BrN3O3S. The van der Waals surface area contributed by atoms with Gasteiger partial charge in [-0.1, -0.05) is 20.4 Å². The van der Waals surface area contributed by atoms with Crippen LogP contribution < -0.4 is 5.32 Å². The fourth-order valence-electron chi connectivity index (χ4n) is 1.42. The molecule has 1 aromatic heterocycles. The molecule has 2 N–H and O–H groups in total. The monoisotopic (exact) mass is 341 g/mol. The number of hydrogen-bond acceptors (Lipinski definition) is 5. The highest BCUT2D eigenvalue weighted by atomic mass is 79.9. The van der Waals surface area contributed by atoms with Crippen LogP contribution in [0.5, 0.6) is 0 Å². The summed E-state index contributed by atoms with van der Waals surface area (Å²) in [6.07, 6.45) is 0. The second-order valence-electron chi connectivity index (χ2n) is 3.64. The fraction of sp³-hybridized carbons (Fsp3) is 0.0909. The molecule has 0 saturated carbocycles. The molecule has 0 aliphatic rings. The smallest absolute Gasteiger partial charge is 0.337 e. The van der Waals surface area contributed by atoms with Gasteiger partial charge < -0.3 is 10.4 Å². The van der Waals surface area contributed by atoms with Gasteiger partial charge in [-0.05, 0) is 36.7 Å². The molecule has 0 fully saturated rings. The summed E-state index contributed by atoms with van der Waals surface area (Å²) in [5, 5.41) is 15.4. The van der Waals surface area contributed by atoms with Crippen LogP contribution in [0.3, 0.4) is 0 Å². The predicted octanol–water partition coefficient (Wildman–Crippen LogP) is 2.56. The van der Waals surface area contributed by atoms with Crippen LogP contribution in [0.2, 0.25) is 0 Å². The minimum Gasteiger partial charge on any atom is -0.478 e. The predicted molar refractivity (Wildman–Crippen MR) is 73.7 cm³/mol. The third kappa shape index (κ3) is 2.96. The maximum atomic E-state index is 12.0. The lowest BCUT2D eigenvalue weighted by Gasteiger charge is -2.07. The van der Waals surface area contributed by atoms with Crippen molar-refractivity contribution in [2.75, 3.05) is 5.32 Å². The molecule has 0 saturated heterocycles. The van der Waals surface area contributed by atoms with Crippen molar-refractivity contribution in [3.8, 4) is 0 Å². The first-order valence-corrected chi connectivity index (χ1v) is 6.69. The van der Waals surface area contributed by atoms with E-state index >= 15 is 0 Å². The quantitative estimate of drug-likeness (QED) is 0.894. The SMILES string of the molecule is Cc1nnsc1C(=O)Nc1ccc(Br)cc1C(=O)O. The highest BCUT2D eigenvalue weighted by Crippen LogP contribution is 2.22. The second kappa shape index (κ2) is 5.45. The van der Waals surface area contributed by atoms with E-state index in [4.69, 9.17) is 5.11 Å². The Morgan fingerprint density at radius 3 is 2.74 bits per heavy atom. The first-order chi connectivity index (χ1) is 8.99. The van der Waals surface area contributed by atoms with Crippen LogP contribution in [0.25, 0.3) is 0 Å². The lowest BCUT2D eigenvalue weighted by molar-refractivity contribution is 0.0698. The van der Waals surface area contributed by atoms with Crippen LogP contribution in [0.15, 0.2) is 22.7 Å². The molecule has 1 heterocycles. The van der Waals surface area contributed by atoms with Crippen molar-refractivity contribution in [3.05, 3.63) is 38.8 Å². The molecule has 19 heavy (non-hydrogen) atoms. The van der Waals surface area contributed by atoms with Crippen molar-refractivity contribution in [1.82, 2.24) is 9.59 Å². The van der Waals surface area contributed by atoms with E-state index in [9.17, 15) is 9.59 Å². The third-order valence-corrected chi connectivity index (χ3v) is 3.64. The number of rotatable bonds is 3. The van der Waals surface area contributed by atoms with Crippen molar-refractivity contribution >= 4 is 45.0 Å². The molecule has 98 valence electrons. The zero-order valence-corrected chi connectivity index (χ0v) is 12.1. The Labute approximate surface area is 120 Å². The Morgan fingerprint density at radius 2 is 2.16 bits per heavy atom. The second-order valence-corrected chi connectivity index (χ2v) is 5.31. The number of carbonyl (C=O) groups is 2. The standard InChI is InChI=1S/C11H8BrN3O3S/c1-5-9(19-15-14-5)10(16)13-8-3-2-6(12)4-7(8)11(17)18/h2-4H,1H3,(H,13,16)(H,17,18). The molecule has 0 atom stereocenters. The summed E-state index contributed by atoms with van der Waals surface area (Å²) in [6, 6.07) is 4.60. The molecule has 8 heteroatoms. The van der Waals surface area contributed by atoms with Gasteiger partial charge in [0.1, 0.15) is 4.88 Å². The summed E-state index contributed by atoms with van der Waals surface area (Å²) in [6.45, 7) is 1.66. The molecule has 6 nitrogen and oxygen atoms in total. The number of carboxylic acid groups (broad SMARTS) is 1. The van der Waals surface area contributed by atoms with E-state index in [1.54, 1.807) is 13.0 Å². The zero-order valence-electron chi connectivity index (χ0n) is 9.68. The van der Waals surface area contributed by atoms with Crippen LogP contribution in [0.4, 0.5) is 5.69 Å². The van der Waals surface area contributed by atoms with Gasteiger partial charge in [-0.3, -0.25) is 4.79 Å². The number of nitrogens with one attached hydrogen (secondary N) is 1. The van der Waals surface area contributed by atoms with Crippen molar-refractivity contribution in [2.45, 2.75) is 6.92 Å². The number of anilines is 1. The van der Waals surface area contributed by atoms with E-state index < -0.39 is 11.9 Å². The average molecular weight is 342 g/mol. The van der Waals surface area contributed by atoms with Crippen LogP contribution in [-0.2, 0) is 0 Å². The fourth-order valence-corrected chi connectivity index (χ4v) is 2.33. The van der Waals surface area contributed by atoms with Crippen LogP contribution >= 0.6 is 27.5 Å². The molecule has 0 spiro atoms. The molecule has 0 unspecified atom stereocenters. The van der Waals surface area contributed by atoms with Gasteiger partial charge in [-0.15, -0.1) is 5.10 Å². The number of carbonyl (C=O) groups excluding carboxylic acids is 1. The molecular weight excluding hydrogens is 334 g/mol. The van der Waals surface area contributed by atoms with Gasteiger partial charge in [0.25, 0.3) is 5.91 Å². The van der Waals surface area contributed by atoms with Gasteiger partial charge in [-0.25, -0.2) is 4.79 Å². The highest BCUT2D eigenvalue weighted by molar-refractivity contribution is 9.10. The van der Waals surface area contributed by atoms with Crippen LogP contribution in [0, 0.1) is 6.92 Å².